The maximum Gasteiger partial charge on any atom is 0.102 e. The second-order valence-electron chi connectivity index (χ2n) is 5.50. The van der Waals surface area contributed by atoms with Gasteiger partial charge in [0.2, 0.25) is 0 Å². The third-order valence-corrected chi connectivity index (χ3v) is 4.89. The van der Waals surface area contributed by atoms with Gasteiger partial charge in [-0.05, 0) is 32.0 Å². The van der Waals surface area contributed by atoms with Crippen molar-refractivity contribution in [3.8, 4) is 6.07 Å². The van der Waals surface area contributed by atoms with E-state index >= 15 is 0 Å². The summed E-state index contributed by atoms with van der Waals surface area (Å²) in [6, 6.07) is 8.89. The van der Waals surface area contributed by atoms with Gasteiger partial charge in [0, 0.05) is 37.1 Å². The summed E-state index contributed by atoms with van der Waals surface area (Å²) in [7, 11) is 4.34. The van der Waals surface area contributed by atoms with E-state index in [1.54, 1.807) is 11.8 Å². The SMILES string of the molecule is CCSc1cccc(NCC2CN(C)CCN2C)c1C#N. The van der Waals surface area contributed by atoms with E-state index in [4.69, 9.17) is 0 Å². The van der Waals surface area contributed by atoms with Crippen LogP contribution in [0.3, 0.4) is 0 Å². The molecule has 0 spiro atoms. The van der Waals surface area contributed by atoms with Crippen LogP contribution in [0.25, 0.3) is 0 Å². The van der Waals surface area contributed by atoms with Crippen LogP contribution in [0.4, 0.5) is 5.69 Å². The lowest BCUT2D eigenvalue weighted by Gasteiger charge is -2.38. The molecule has 1 N–H and O–H groups in total. The molecule has 1 aliphatic rings. The zero-order valence-electron chi connectivity index (χ0n) is 13.1. The minimum atomic E-state index is 0.484. The maximum absolute atomic E-state index is 9.43. The topological polar surface area (TPSA) is 42.3 Å². The molecule has 1 saturated heterocycles. The number of piperazine rings is 1. The van der Waals surface area contributed by atoms with E-state index in [0.29, 0.717) is 6.04 Å². The van der Waals surface area contributed by atoms with E-state index in [2.05, 4.69) is 42.2 Å². The van der Waals surface area contributed by atoms with Crippen molar-refractivity contribution in [2.45, 2.75) is 17.9 Å². The zero-order valence-corrected chi connectivity index (χ0v) is 13.9. The molecule has 1 fully saturated rings. The predicted molar refractivity (Wildman–Crippen MR) is 90.0 cm³/mol. The molecule has 4 nitrogen and oxygen atoms in total. The first-order valence-electron chi connectivity index (χ1n) is 7.44. The Labute approximate surface area is 132 Å². The van der Waals surface area contributed by atoms with Crippen molar-refractivity contribution >= 4 is 17.4 Å². The predicted octanol–water partition coefficient (Wildman–Crippen LogP) is 2.33. The van der Waals surface area contributed by atoms with Crippen molar-refractivity contribution in [3.05, 3.63) is 23.8 Å². The molecule has 21 heavy (non-hydrogen) atoms. The summed E-state index contributed by atoms with van der Waals surface area (Å²) in [5, 5.41) is 12.9. The molecule has 2 rings (SSSR count). The van der Waals surface area contributed by atoms with Gasteiger partial charge in [0.1, 0.15) is 6.07 Å². The van der Waals surface area contributed by atoms with Gasteiger partial charge in [0.25, 0.3) is 0 Å². The minimum absolute atomic E-state index is 0.484. The monoisotopic (exact) mass is 304 g/mol. The molecule has 1 atom stereocenters. The van der Waals surface area contributed by atoms with Gasteiger partial charge >= 0.3 is 0 Å². The van der Waals surface area contributed by atoms with Gasteiger partial charge in [-0.1, -0.05) is 13.0 Å². The maximum atomic E-state index is 9.43. The number of hydrogen-bond donors (Lipinski definition) is 1. The smallest absolute Gasteiger partial charge is 0.102 e. The number of hydrogen-bond acceptors (Lipinski definition) is 5. The Morgan fingerprint density at radius 1 is 1.38 bits per heavy atom. The molecule has 0 saturated carbocycles. The van der Waals surface area contributed by atoms with Crippen molar-refractivity contribution in [2.75, 3.05) is 51.3 Å². The Morgan fingerprint density at radius 3 is 2.90 bits per heavy atom. The fourth-order valence-corrected chi connectivity index (χ4v) is 3.40. The van der Waals surface area contributed by atoms with Crippen LogP contribution in [0.15, 0.2) is 23.1 Å². The van der Waals surface area contributed by atoms with E-state index in [-0.39, 0.29) is 0 Å². The summed E-state index contributed by atoms with van der Waals surface area (Å²) < 4.78 is 0. The van der Waals surface area contributed by atoms with E-state index in [0.717, 1.165) is 48.1 Å². The Bertz CT molecular complexity index is 511. The van der Waals surface area contributed by atoms with E-state index < -0.39 is 0 Å². The summed E-state index contributed by atoms with van der Waals surface area (Å²) in [4.78, 5) is 5.82. The highest BCUT2D eigenvalue weighted by Gasteiger charge is 2.22. The molecule has 0 radical (unpaired) electrons. The molecule has 1 heterocycles. The summed E-state index contributed by atoms with van der Waals surface area (Å²) in [5.41, 5.74) is 1.73. The second kappa shape index (κ2) is 7.69. The van der Waals surface area contributed by atoms with Crippen LogP contribution in [0.1, 0.15) is 12.5 Å². The highest BCUT2D eigenvalue weighted by molar-refractivity contribution is 7.99. The van der Waals surface area contributed by atoms with Crippen LogP contribution in [0.2, 0.25) is 0 Å². The first kappa shape index (κ1) is 16.2. The standard InChI is InChI=1S/C16H24N4S/c1-4-21-16-7-5-6-15(14(16)10-17)18-11-13-12-19(2)8-9-20(13)3/h5-7,13,18H,4,8-9,11-12H2,1-3H3. The van der Waals surface area contributed by atoms with Crippen molar-refractivity contribution < 1.29 is 0 Å². The number of thioether (sulfide) groups is 1. The Kier molecular flexibility index (Phi) is 5.92. The van der Waals surface area contributed by atoms with Gasteiger partial charge < -0.3 is 10.2 Å². The lowest BCUT2D eigenvalue weighted by atomic mass is 10.1. The number of nitriles is 1. The highest BCUT2D eigenvalue weighted by atomic mass is 32.2. The van der Waals surface area contributed by atoms with E-state index in [1.807, 2.05) is 18.2 Å². The van der Waals surface area contributed by atoms with Crippen LogP contribution >= 0.6 is 11.8 Å². The van der Waals surface area contributed by atoms with Crippen molar-refractivity contribution in [2.24, 2.45) is 0 Å². The first-order chi connectivity index (χ1) is 10.2. The zero-order chi connectivity index (χ0) is 15.2. The third-order valence-electron chi connectivity index (χ3n) is 3.95. The van der Waals surface area contributed by atoms with Crippen LogP contribution in [-0.2, 0) is 0 Å². The van der Waals surface area contributed by atoms with E-state index in [1.165, 1.54) is 0 Å². The van der Waals surface area contributed by atoms with Crippen LogP contribution in [-0.4, -0.2) is 61.9 Å². The fraction of sp³-hybridized carbons (Fsp3) is 0.562. The average Bonchev–Trinajstić information content (AvgIpc) is 2.48. The van der Waals surface area contributed by atoms with Crippen LogP contribution in [0.5, 0.6) is 0 Å². The Hall–Kier alpha value is -1.22. The molecule has 0 amide bonds. The molecular weight excluding hydrogens is 280 g/mol. The number of nitrogens with one attached hydrogen (secondary N) is 1. The lowest BCUT2D eigenvalue weighted by molar-refractivity contribution is 0.122. The van der Waals surface area contributed by atoms with Crippen molar-refractivity contribution in [1.82, 2.24) is 9.80 Å². The number of likely N-dealkylation sites (N-methyl/N-ethyl adjacent to an activating group) is 2. The molecule has 1 aromatic rings. The van der Waals surface area contributed by atoms with Gasteiger partial charge in [-0.15, -0.1) is 11.8 Å². The van der Waals surface area contributed by atoms with E-state index in [9.17, 15) is 5.26 Å². The van der Waals surface area contributed by atoms with Gasteiger partial charge in [0.05, 0.1) is 11.3 Å². The minimum Gasteiger partial charge on any atom is -0.382 e. The molecule has 1 unspecified atom stereocenters. The number of anilines is 1. The molecular formula is C16H24N4S. The Morgan fingerprint density at radius 2 is 2.19 bits per heavy atom. The average molecular weight is 304 g/mol. The Balaban J connectivity index is 2.06. The summed E-state index contributed by atoms with van der Waals surface area (Å²) in [6.07, 6.45) is 0. The second-order valence-corrected chi connectivity index (χ2v) is 6.81. The summed E-state index contributed by atoms with van der Waals surface area (Å²) in [6.45, 7) is 6.27. The van der Waals surface area contributed by atoms with Crippen molar-refractivity contribution in [1.29, 1.82) is 5.26 Å². The number of nitrogens with zero attached hydrogens (tertiary/aromatic N) is 3. The number of rotatable bonds is 5. The van der Waals surface area contributed by atoms with Crippen molar-refractivity contribution in [3.63, 3.8) is 0 Å². The summed E-state index contributed by atoms with van der Waals surface area (Å²) >= 11 is 1.72. The van der Waals surface area contributed by atoms with Gasteiger partial charge in [-0.3, -0.25) is 4.90 Å². The van der Waals surface area contributed by atoms with Crippen LogP contribution in [0, 0.1) is 11.3 Å². The molecule has 0 bridgehead atoms. The molecule has 1 aromatic carbocycles. The number of benzene rings is 1. The first-order valence-corrected chi connectivity index (χ1v) is 8.42. The largest absolute Gasteiger partial charge is 0.382 e. The molecule has 114 valence electrons. The molecule has 1 aliphatic heterocycles. The molecule has 0 aromatic heterocycles. The van der Waals surface area contributed by atoms with Crippen LogP contribution < -0.4 is 5.32 Å². The quantitative estimate of drug-likeness (QED) is 0.846. The molecule has 0 aliphatic carbocycles. The third kappa shape index (κ3) is 4.13. The van der Waals surface area contributed by atoms with Gasteiger partial charge in [-0.2, -0.15) is 5.26 Å². The highest BCUT2D eigenvalue weighted by Crippen LogP contribution is 2.27. The lowest BCUT2D eigenvalue weighted by Crippen LogP contribution is -2.52. The molecule has 5 heteroatoms. The van der Waals surface area contributed by atoms with Gasteiger partial charge in [0.15, 0.2) is 0 Å². The normalized spacial score (nSPS) is 20.2. The summed E-state index contributed by atoms with van der Waals surface area (Å²) in [5.74, 6) is 0.980. The fourth-order valence-electron chi connectivity index (χ4n) is 2.62. The van der Waals surface area contributed by atoms with Gasteiger partial charge in [-0.25, -0.2) is 0 Å².